The summed E-state index contributed by atoms with van der Waals surface area (Å²) in [5.74, 6) is 0. The van der Waals surface area contributed by atoms with Crippen LogP contribution in [0.5, 0.6) is 0 Å². The lowest BCUT2D eigenvalue weighted by Crippen LogP contribution is -2.41. The first-order valence-corrected chi connectivity index (χ1v) is 8.44. The SMILES string of the molecule is CC1(C)OB(C(=Cc2ccc3ccsc3c2)CN)OC1(C)C. The van der Waals surface area contributed by atoms with Crippen LogP contribution in [-0.4, -0.2) is 24.9 Å². The van der Waals surface area contributed by atoms with Crippen LogP contribution in [0, 0.1) is 0 Å². The van der Waals surface area contributed by atoms with Crippen LogP contribution in [0.3, 0.4) is 0 Å². The molecule has 1 saturated heterocycles. The van der Waals surface area contributed by atoms with Crippen molar-refractivity contribution in [1.82, 2.24) is 0 Å². The molecule has 22 heavy (non-hydrogen) atoms. The zero-order chi connectivity index (χ0) is 16.0. The van der Waals surface area contributed by atoms with Crippen molar-refractivity contribution < 1.29 is 9.31 Å². The van der Waals surface area contributed by atoms with Gasteiger partial charge in [0.1, 0.15) is 0 Å². The Morgan fingerprint density at radius 1 is 1.18 bits per heavy atom. The van der Waals surface area contributed by atoms with E-state index >= 15 is 0 Å². The third-order valence-electron chi connectivity index (χ3n) is 4.62. The van der Waals surface area contributed by atoms with Gasteiger partial charge in [-0.15, -0.1) is 11.3 Å². The Bertz CT molecular complexity index is 704. The van der Waals surface area contributed by atoms with Crippen molar-refractivity contribution in [2.45, 2.75) is 38.9 Å². The number of benzene rings is 1. The van der Waals surface area contributed by atoms with Gasteiger partial charge in [-0.3, -0.25) is 0 Å². The maximum Gasteiger partial charge on any atom is 0.491 e. The molecular weight excluding hydrogens is 293 g/mol. The third-order valence-corrected chi connectivity index (χ3v) is 5.50. The quantitative estimate of drug-likeness (QED) is 0.874. The second-order valence-electron chi connectivity index (χ2n) is 6.73. The molecule has 0 bridgehead atoms. The van der Waals surface area contributed by atoms with Gasteiger partial charge in [0, 0.05) is 11.2 Å². The Morgan fingerprint density at radius 2 is 1.86 bits per heavy atom. The van der Waals surface area contributed by atoms with Crippen molar-refractivity contribution in [3.63, 3.8) is 0 Å². The van der Waals surface area contributed by atoms with Crippen molar-refractivity contribution >= 4 is 34.6 Å². The highest BCUT2D eigenvalue weighted by atomic mass is 32.1. The van der Waals surface area contributed by atoms with E-state index in [0.717, 1.165) is 11.0 Å². The highest BCUT2D eigenvalue weighted by Crippen LogP contribution is 2.38. The molecule has 5 heteroatoms. The molecule has 0 radical (unpaired) electrons. The molecule has 0 saturated carbocycles. The Labute approximate surface area is 136 Å². The molecule has 0 aliphatic carbocycles. The molecule has 2 heterocycles. The van der Waals surface area contributed by atoms with E-state index in [1.54, 1.807) is 11.3 Å². The lowest BCUT2D eigenvalue weighted by Gasteiger charge is -2.32. The summed E-state index contributed by atoms with van der Waals surface area (Å²) in [6.07, 6.45) is 2.08. The van der Waals surface area contributed by atoms with E-state index in [1.165, 1.54) is 10.1 Å². The lowest BCUT2D eigenvalue weighted by molar-refractivity contribution is 0.00578. The zero-order valence-corrected chi connectivity index (χ0v) is 14.4. The highest BCUT2D eigenvalue weighted by Gasteiger charge is 2.52. The van der Waals surface area contributed by atoms with Crippen LogP contribution in [-0.2, 0) is 9.31 Å². The summed E-state index contributed by atoms with van der Waals surface area (Å²) in [4.78, 5) is 0. The van der Waals surface area contributed by atoms with E-state index in [0.29, 0.717) is 6.54 Å². The molecular formula is C17H22BNO2S. The van der Waals surface area contributed by atoms with E-state index in [-0.39, 0.29) is 18.3 Å². The summed E-state index contributed by atoms with van der Waals surface area (Å²) in [5.41, 5.74) is 7.35. The molecule has 1 aliphatic rings. The zero-order valence-electron chi connectivity index (χ0n) is 13.6. The molecule has 3 rings (SSSR count). The Kier molecular flexibility index (Phi) is 3.93. The average molecular weight is 315 g/mol. The van der Waals surface area contributed by atoms with E-state index in [4.69, 9.17) is 15.0 Å². The Balaban J connectivity index is 1.90. The first kappa shape index (κ1) is 15.7. The molecule has 1 aliphatic heterocycles. The molecule has 2 N–H and O–H groups in total. The molecule has 116 valence electrons. The number of hydrogen-bond acceptors (Lipinski definition) is 4. The molecule has 3 nitrogen and oxygen atoms in total. The van der Waals surface area contributed by atoms with Crippen LogP contribution in [0.2, 0.25) is 0 Å². The summed E-state index contributed by atoms with van der Waals surface area (Å²) in [5, 5.41) is 3.38. The molecule has 0 amide bonds. The average Bonchev–Trinajstić information content (AvgIpc) is 2.98. The summed E-state index contributed by atoms with van der Waals surface area (Å²) < 4.78 is 13.5. The van der Waals surface area contributed by atoms with Gasteiger partial charge in [-0.25, -0.2) is 0 Å². The van der Waals surface area contributed by atoms with Crippen LogP contribution in [0.1, 0.15) is 33.3 Å². The number of thiophene rings is 1. The van der Waals surface area contributed by atoms with Crippen LogP contribution < -0.4 is 5.73 Å². The van der Waals surface area contributed by atoms with E-state index in [1.807, 2.05) is 0 Å². The molecule has 0 unspecified atom stereocenters. The van der Waals surface area contributed by atoms with Gasteiger partial charge in [0.2, 0.25) is 0 Å². The second kappa shape index (κ2) is 5.50. The Morgan fingerprint density at radius 3 is 2.50 bits per heavy atom. The van der Waals surface area contributed by atoms with Crippen LogP contribution in [0.4, 0.5) is 0 Å². The van der Waals surface area contributed by atoms with Gasteiger partial charge < -0.3 is 15.0 Å². The first-order chi connectivity index (χ1) is 10.3. The van der Waals surface area contributed by atoms with Crippen molar-refractivity contribution in [1.29, 1.82) is 0 Å². The lowest BCUT2D eigenvalue weighted by atomic mass is 9.77. The van der Waals surface area contributed by atoms with Crippen LogP contribution in [0.25, 0.3) is 16.2 Å². The van der Waals surface area contributed by atoms with Gasteiger partial charge in [-0.05, 0) is 61.6 Å². The largest absolute Gasteiger partial charge is 0.491 e. The number of hydrogen-bond donors (Lipinski definition) is 1. The van der Waals surface area contributed by atoms with E-state index < -0.39 is 0 Å². The maximum atomic E-state index is 6.09. The van der Waals surface area contributed by atoms with Gasteiger partial charge in [-0.2, -0.15) is 0 Å². The minimum atomic E-state index is -0.381. The predicted molar refractivity (Wildman–Crippen MR) is 94.9 cm³/mol. The summed E-state index contributed by atoms with van der Waals surface area (Å²) in [6, 6.07) is 8.55. The third kappa shape index (κ3) is 2.74. The summed E-state index contributed by atoms with van der Waals surface area (Å²) in [7, 11) is -0.381. The van der Waals surface area contributed by atoms with E-state index in [2.05, 4.69) is 63.4 Å². The van der Waals surface area contributed by atoms with Gasteiger partial charge in [0.05, 0.1) is 11.2 Å². The fraction of sp³-hybridized carbons (Fsp3) is 0.412. The van der Waals surface area contributed by atoms with Crippen molar-refractivity contribution in [2.75, 3.05) is 6.54 Å². The van der Waals surface area contributed by atoms with Gasteiger partial charge in [0.25, 0.3) is 0 Å². The van der Waals surface area contributed by atoms with Crippen molar-refractivity contribution in [3.8, 4) is 0 Å². The standard InChI is InChI=1S/C17H22BNO2S/c1-16(2)17(3,4)21-18(20-16)14(11-19)9-12-5-6-13-7-8-22-15(13)10-12/h5-10H,11,19H2,1-4H3. The van der Waals surface area contributed by atoms with Gasteiger partial charge in [0.15, 0.2) is 0 Å². The topological polar surface area (TPSA) is 44.5 Å². The summed E-state index contributed by atoms with van der Waals surface area (Å²) in [6.45, 7) is 8.63. The minimum Gasteiger partial charge on any atom is -0.400 e. The highest BCUT2D eigenvalue weighted by molar-refractivity contribution is 7.17. The first-order valence-electron chi connectivity index (χ1n) is 7.56. The molecule has 1 fully saturated rings. The number of rotatable bonds is 3. The molecule has 1 aromatic heterocycles. The fourth-order valence-electron chi connectivity index (χ4n) is 2.49. The normalized spacial score (nSPS) is 20.8. The molecule has 0 atom stereocenters. The smallest absolute Gasteiger partial charge is 0.400 e. The Hall–Kier alpha value is -1.14. The van der Waals surface area contributed by atoms with Gasteiger partial charge in [-0.1, -0.05) is 18.2 Å². The van der Waals surface area contributed by atoms with E-state index in [9.17, 15) is 0 Å². The fourth-order valence-corrected chi connectivity index (χ4v) is 3.33. The molecule has 2 aromatic rings. The second-order valence-corrected chi connectivity index (χ2v) is 7.68. The number of nitrogens with two attached hydrogens (primary N) is 1. The van der Waals surface area contributed by atoms with Crippen LogP contribution in [0.15, 0.2) is 35.1 Å². The minimum absolute atomic E-state index is 0.344. The molecule has 1 aromatic carbocycles. The summed E-state index contributed by atoms with van der Waals surface area (Å²) >= 11 is 1.74. The van der Waals surface area contributed by atoms with Crippen molar-refractivity contribution in [2.24, 2.45) is 5.73 Å². The molecule has 0 spiro atoms. The predicted octanol–water partition coefficient (Wildman–Crippen LogP) is 3.87. The maximum absolute atomic E-state index is 6.09. The monoisotopic (exact) mass is 315 g/mol. The van der Waals surface area contributed by atoms with Crippen LogP contribution >= 0.6 is 11.3 Å². The number of fused-ring (bicyclic) bond motifs is 1. The van der Waals surface area contributed by atoms with Crippen molar-refractivity contribution in [3.05, 3.63) is 40.7 Å². The van der Waals surface area contributed by atoms with Gasteiger partial charge >= 0.3 is 7.12 Å².